The molecular weight excluding hydrogens is 212 g/mol. The Bertz CT molecular complexity index is 551. The first-order chi connectivity index (χ1) is 8.00. The van der Waals surface area contributed by atoms with Crippen molar-refractivity contribution >= 4 is 0 Å². The lowest BCUT2D eigenvalue weighted by Crippen LogP contribution is -1.89. The summed E-state index contributed by atoms with van der Waals surface area (Å²) in [6.45, 7) is 6.06. The van der Waals surface area contributed by atoms with Gasteiger partial charge in [-0.1, -0.05) is 18.2 Å². The molecule has 0 saturated heterocycles. The fourth-order valence-electron chi connectivity index (χ4n) is 2.03. The molecule has 2 heteroatoms. The molecule has 2 nitrogen and oxygen atoms in total. The standard InChI is InChI=1S/C15H16O2/c1-9-7-11(3)12(8-10(9)2)15-13(16)5-4-6-14(15)17/h4-8,16-17H,1-3H3. The number of rotatable bonds is 1. The van der Waals surface area contributed by atoms with Gasteiger partial charge < -0.3 is 10.2 Å². The SMILES string of the molecule is Cc1cc(C)c(-c2c(O)cccc2O)cc1C. The highest BCUT2D eigenvalue weighted by atomic mass is 16.3. The van der Waals surface area contributed by atoms with Gasteiger partial charge in [-0.3, -0.25) is 0 Å². The van der Waals surface area contributed by atoms with Crippen molar-refractivity contribution in [3.8, 4) is 22.6 Å². The number of phenolic OH excluding ortho intramolecular Hbond substituents is 2. The molecule has 0 aliphatic carbocycles. The summed E-state index contributed by atoms with van der Waals surface area (Å²) in [5, 5.41) is 19.7. The van der Waals surface area contributed by atoms with E-state index in [0.717, 1.165) is 16.7 Å². The van der Waals surface area contributed by atoms with E-state index in [4.69, 9.17) is 0 Å². The molecule has 0 heterocycles. The van der Waals surface area contributed by atoms with Gasteiger partial charge in [0.1, 0.15) is 11.5 Å². The van der Waals surface area contributed by atoms with Crippen molar-refractivity contribution in [2.24, 2.45) is 0 Å². The van der Waals surface area contributed by atoms with Crippen molar-refractivity contribution in [3.05, 3.63) is 47.0 Å². The smallest absolute Gasteiger partial charge is 0.127 e. The van der Waals surface area contributed by atoms with Crippen LogP contribution in [0, 0.1) is 20.8 Å². The first-order valence-electron chi connectivity index (χ1n) is 5.60. The third-order valence-corrected chi connectivity index (χ3v) is 3.13. The quantitative estimate of drug-likeness (QED) is 0.781. The topological polar surface area (TPSA) is 40.5 Å². The van der Waals surface area contributed by atoms with Crippen molar-refractivity contribution in [3.63, 3.8) is 0 Å². The molecule has 0 fully saturated rings. The average Bonchev–Trinajstić information content (AvgIpc) is 2.25. The Morgan fingerprint density at radius 3 is 1.88 bits per heavy atom. The maximum atomic E-state index is 9.87. The Labute approximate surface area is 101 Å². The van der Waals surface area contributed by atoms with Gasteiger partial charge in [0.05, 0.1) is 5.56 Å². The lowest BCUT2D eigenvalue weighted by molar-refractivity contribution is 0.454. The summed E-state index contributed by atoms with van der Waals surface area (Å²) in [5.41, 5.74) is 4.79. The van der Waals surface area contributed by atoms with E-state index in [2.05, 4.69) is 13.0 Å². The van der Waals surface area contributed by atoms with Crippen LogP contribution in [-0.2, 0) is 0 Å². The van der Waals surface area contributed by atoms with Gasteiger partial charge in [0.2, 0.25) is 0 Å². The molecule has 0 saturated carbocycles. The first-order valence-corrected chi connectivity index (χ1v) is 5.60. The van der Waals surface area contributed by atoms with Crippen LogP contribution in [0.15, 0.2) is 30.3 Å². The molecule has 2 aromatic carbocycles. The summed E-state index contributed by atoms with van der Waals surface area (Å²) in [4.78, 5) is 0. The monoisotopic (exact) mass is 228 g/mol. The van der Waals surface area contributed by atoms with E-state index in [-0.39, 0.29) is 11.5 Å². The van der Waals surface area contributed by atoms with Crippen LogP contribution >= 0.6 is 0 Å². The molecule has 17 heavy (non-hydrogen) atoms. The van der Waals surface area contributed by atoms with Crippen LogP contribution in [-0.4, -0.2) is 10.2 Å². The Morgan fingerprint density at radius 2 is 1.29 bits per heavy atom. The van der Waals surface area contributed by atoms with E-state index < -0.39 is 0 Å². The summed E-state index contributed by atoms with van der Waals surface area (Å²) in [6, 6.07) is 8.87. The minimum Gasteiger partial charge on any atom is -0.507 e. The maximum Gasteiger partial charge on any atom is 0.127 e. The number of phenols is 2. The predicted octanol–water partition coefficient (Wildman–Crippen LogP) is 3.69. The van der Waals surface area contributed by atoms with Gasteiger partial charge in [-0.2, -0.15) is 0 Å². The molecule has 2 rings (SSSR count). The first kappa shape index (κ1) is 11.5. The molecule has 0 aliphatic heterocycles. The molecule has 0 amide bonds. The van der Waals surface area contributed by atoms with Crippen molar-refractivity contribution < 1.29 is 10.2 Å². The zero-order chi connectivity index (χ0) is 12.6. The van der Waals surface area contributed by atoms with Crippen LogP contribution in [0.4, 0.5) is 0 Å². The van der Waals surface area contributed by atoms with Gasteiger partial charge in [-0.25, -0.2) is 0 Å². The number of aryl methyl sites for hydroxylation is 3. The minimum atomic E-state index is 0.108. The fraction of sp³-hybridized carbons (Fsp3) is 0.200. The van der Waals surface area contributed by atoms with Crippen LogP contribution in [0.25, 0.3) is 11.1 Å². The summed E-state index contributed by atoms with van der Waals surface area (Å²) < 4.78 is 0. The molecule has 0 unspecified atom stereocenters. The Kier molecular flexibility index (Phi) is 2.80. The molecular formula is C15H16O2. The Balaban J connectivity index is 2.73. The second-order valence-corrected chi connectivity index (χ2v) is 4.42. The molecule has 0 radical (unpaired) electrons. The second-order valence-electron chi connectivity index (χ2n) is 4.42. The number of hydrogen-bond donors (Lipinski definition) is 2. The summed E-state index contributed by atoms with van der Waals surface area (Å²) in [6.07, 6.45) is 0. The van der Waals surface area contributed by atoms with E-state index in [9.17, 15) is 10.2 Å². The van der Waals surface area contributed by atoms with Crippen LogP contribution < -0.4 is 0 Å². The molecule has 2 N–H and O–H groups in total. The van der Waals surface area contributed by atoms with Crippen LogP contribution in [0.3, 0.4) is 0 Å². The summed E-state index contributed by atoms with van der Waals surface area (Å²) >= 11 is 0. The lowest BCUT2D eigenvalue weighted by atomic mass is 9.94. The average molecular weight is 228 g/mol. The Morgan fingerprint density at radius 1 is 0.765 bits per heavy atom. The van der Waals surface area contributed by atoms with Crippen molar-refractivity contribution in [2.75, 3.05) is 0 Å². The zero-order valence-corrected chi connectivity index (χ0v) is 10.3. The fourth-order valence-corrected chi connectivity index (χ4v) is 2.03. The normalized spacial score (nSPS) is 10.5. The molecule has 0 bridgehead atoms. The predicted molar refractivity (Wildman–Crippen MR) is 69.4 cm³/mol. The van der Waals surface area contributed by atoms with E-state index in [1.54, 1.807) is 18.2 Å². The lowest BCUT2D eigenvalue weighted by Gasteiger charge is -2.12. The van der Waals surface area contributed by atoms with Gasteiger partial charge >= 0.3 is 0 Å². The summed E-state index contributed by atoms with van der Waals surface area (Å²) in [7, 11) is 0. The molecule has 0 aromatic heterocycles. The van der Waals surface area contributed by atoms with Crippen molar-refractivity contribution in [1.29, 1.82) is 0 Å². The van der Waals surface area contributed by atoms with Crippen LogP contribution in [0.2, 0.25) is 0 Å². The van der Waals surface area contributed by atoms with Crippen LogP contribution in [0.1, 0.15) is 16.7 Å². The number of benzene rings is 2. The van der Waals surface area contributed by atoms with Gasteiger partial charge in [0.25, 0.3) is 0 Å². The molecule has 0 atom stereocenters. The molecule has 2 aromatic rings. The highest BCUT2D eigenvalue weighted by Crippen LogP contribution is 2.39. The zero-order valence-electron chi connectivity index (χ0n) is 10.3. The summed E-state index contributed by atoms with van der Waals surface area (Å²) in [5.74, 6) is 0.215. The Hall–Kier alpha value is -1.96. The minimum absolute atomic E-state index is 0.108. The highest BCUT2D eigenvalue weighted by Gasteiger charge is 2.12. The van der Waals surface area contributed by atoms with E-state index in [1.807, 2.05) is 19.9 Å². The van der Waals surface area contributed by atoms with Crippen LogP contribution in [0.5, 0.6) is 11.5 Å². The molecule has 0 spiro atoms. The van der Waals surface area contributed by atoms with Crippen molar-refractivity contribution in [2.45, 2.75) is 20.8 Å². The van der Waals surface area contributed by atoms with Gasteiger partial charge in [-0.05, 0) is 55.2 Å². The molecule has 0 aliphatic rings. The van der Waals surface area contributed by atoms with E-state index in [0.29, 0.717) is 5.56 Å². The third-order valence-electron chi connectivity index (χ3n) is 3.13. The van der Waals surface area contributed by atoms with E-state index >= 15 is 0 Å². The number of aromatic hydroxyl groups is 2. The largest absolute Gasteiger partial charge is 0.507 e. The van der Waals surface area contributed by atoms with Crippen molar-refractivity contribution in [1.82, 2.24) is 0 Å². The van der Waals surface area contributed by atoms with Gasteiger partial charge in [0.15, 0.2) is 0 Å². The van der Waals surface area contributed by atoms with Gasteiger partial charge in [-0.15, -0.1) is 0 Å². The second kappa shape index (κ2) is 4.13. The molecule has 88 valence electrons. The van der Waals surface area contributed by atoms with E-state index in [1.165, 1.54) is 5.56 Å². The third kappa shape index (κ3) is 1.98. The number of hydrogen-bond acceptors (Lipinski definition) is 2. The van der Waals surface area contributed by atoms with Gasteiger partial charge in [0, 0.05) is 0 Å². The maximum absolute atomic E-state index is 9.87. The highest BCUT2D eigenvalue weighted by molar-refractivity contribution is 5.79.